The summed E-state index contributed by atoms with van der Waals surface area (Å²) in [6.07, 6.45) is 1.58. The van der Waals surface area contributed by atoms with Crippen molar-refractivity contribution in [3.63, 3.8) is 0 Å². The number of hydrogen-bond donors (Lipinski definition) is 2. The number of carbonyl (C=O) groups is 2. The first kappa shape index (κ1) is 18.0. The van der Waals surface area contributed by atoms with Crippen LogP contribution < -0.4 is 5.32 Å². The Kier molecular flexibility index (Phi) is 6.37. The predicted octanol–water partition coefficient (Wildman–Crippen LogP) is -0.506. The van der Waals surface area contributed by atoms with Gasteiger partial charge in [-0.1, -0.05) is 0 Å². The second-order valence-electron chi connectivity index (χ2n) is 4.94. The average Bonchev–Trinajstić information content (AvgIpc) is 2.79. The van der Waals surface area contributed by atoms with E-state index in [9.17, 15) is 18.0 Å². The van der Waals surface area contributed by atoms with Crippen LogP contribution in [0, 0.1) is 11.3 Å². The van der Waals surface area contributed by atoms with E-state index in [1.807, 2.05) is 0 Å². The SMILES string of the molecule is CCN(/C=C(/C#N)C(=O)NCCC(=O)O)C1CCS(=O)(=O)C1. The van der Waals surface area contributed by atoms with Gasteiger partial charge < -0.3 is 15.3 Å². The van der Waals surface area contributed by atoms with Crippen molar-refractivity contribution in [2.75, 3.05) is 24.6 Å². The Bertz CT molecular complexity index is 606. The molecular weight excluding hydrogens is 310 g/mol. The van der Waals surface area contributed by atoms with Crippen molar-refractivity contribution >= 4 is 21.7 Å². The zero-order chi connectivity index (χ0) is 16.8. The average molecular weight is 329 g/mol. The summed E-state index contributed by atoms with van der Waals surface area (Å²) >= 11 is 0. The number of rotatable bonds is 7. The molecule has 0 radical (unpaired) electrons. The van der Waals surface area contributed by atoms with E-state index in [-0.39, 0.29) is 36.1 Å². The summed E-state index contributed by atoms with van der Waals surface area (Å²) in [5, 5.41) is 19.9. The van der Waals surface area contributed by atoms with Crippen molar-refractivity contribution in [3.05, 3.63) is 11.8 Å². The van der Waals surface area contributed by atoms with E-state index in [0.717, 1.165) is 0 Å². The zero-order valence-electron chi connectivity index (χ0n) is 12.3. The number of amides is 1. The largest absolute Gasteiger partial charge is 0.481 e. The van der Waals surface area contributed by atoms with Gasteiger partial charge in [-0.25, -0.2) is 8.42 Å². The van der Waals surface area contributed by atoms with Gasteiger partial charge in [-0.3, -0.25) is 9.59 Å². The number of nitrogens with zero attached hydrogens (tertiary/aromatic N) is 2. The number of nitriles is 1. The van der Waals surface area contributed by atoms with Gasteiger partial charge in [0.05, 0.1) is 17.9 Å². The summed E-state index contributed by atoms with van der Waals surface area (Å²) in [5.41, 5.74) is -0.170. The molecule has 0 saturated carbocycles. The number of hydrogen-bond acceptors (Lipinski definition) is 6. The number of carboxylic acid groups (broad SMARTS) is 1. The summed E-state index contributed by atoms with van der Waals surface area (Å²) in [5.74, 6) is -1.59. The first-order chi connectivity index (χ1) is 10.3. The van der Waals surface area contributed by atoms with Crippen LogP contribution in [0.15, 0.2) is 11.8 Å². The third-order valence-electron chi connectivity index (χ3n) is 3.33. The van der Waals surface area contributed by atoms with Crippen LogP contribution in [-0.2, 0) is 19.4 Å². The standard InChI is InChI=1S/C13H19N3O5S/c1-2-16(11-4-6-22(20,21)9-11)8-10(7-14)13(19)15-5-3-12(17)18/h8,11H,2-6,9H2,1H3,(H,15,19)(H,17,18)/b10-8-. The van der Waals surface area contributed by atoms with E-state index >= 15 is 0 Å². The minimum Gasteiger partial charge on any atom is -0.481 e. The van der Waals surface area contributed by atoms with Crippen LogP contribution in [0.4, 0.5) is 0 Å². The van der Waals surface area contributed by atoms with Crippen LogP contribution in [0.3, 0.4) is 0 Å². The van der Waals surface area contributed by atoms with E-state index in [4.69, 9.17) is 10.4 Å². The molecule has 2 N–H and O–H groups in total. The van der Waals surface area contributed by atoms with Crippen molar-refractivity contribution in [3.8, 4) is 6.07 Å². The van der Waals surface area contributed by atoms with E-state index < -0.39 is 21.7 Å². The fourth-order valence-electron chi connectivity index (χ4n) is 2.17. The van der Waals surface area contributed by atoms with Gasteiger partial charge in [-0.2, -0.15) is 5.26 Å². The lowest BCUT2D eigenvalue weighted by molar-refractivity contribution is -0.136. The number of carboxylic acids is 1. The molecule has 1 saturated heterocycles. The van der Waals surface area contributed by atoms with Gasteiger partial charge >= 0.3 is 5.97 Å². The molecule has 1 fully saturated rings. The number of nitrogens with one attached hydrogen (secondary N) is 1. The van der Waals surface area contributed by atoms with Crippen LogP contribution in [0.5, 0.6) is 0 Å². The molecule has 9 heteroatoms. The topological polar surface area (TPSA) is 128 Å². The highest BCUT2D eigenvalue weighted by Crippen LogP contribution is 2.18. The quantitative estimate of drug-likeness (QED) is 0.476. The Morgan fingerprint density at radius 1 is 1.50 bits per heavy atom. The van der Waals surface area contributed by atoms with Gasteiger partial charge in [0, 0.05) is 25.3 Å². The first-order valence-corrected chi connectivity index (χ1v) is 8.69. The molecule has 0 spiro atoms. The second kappa shape index (κ2) is 7.79. The molecule has 1 rings (SSSR count). The summed E-state index contributed by atoms with van der Waals surface area (Å²) in [4.78, 5) is 23.9. The minimum atomic E-state index is -3.06. The predicted molar refractivity (Wildman–Crippen MR) is 78.4 cm³/mol. The lowest BCUT2D eigenvalue weighted by atomic mass is 10.2. The Hall–Kier alpha value is -2.08. The molecular formula is C13H19N3O5S. The number of sulfone groups is 1. The molecule has 1 amide bonds. The van der Waals surface area contributed by atoms with Gasteiger partial charge in [0.15, 0.2) is 9.84 Å². The molecule has 0 aliphatic carbocycles. The molecule has 1 aliphatic heterocycles. The van der Waals surface area contributed by atoms with E-state index in [0.29, 0.717) is 13.0 Å². The van der Waals surface area contributed by atoms with Gasteiger partial charge in [0.2, 0.25) is 0 Å². The summed E-state index contributed by atoms with van der Waals surface area (Å²) in [6.45, 7) is 2.20. The second-order valence-corrected chi connectivity index (χ2v) is 7.17. The Balaban J connectivity index is 2.74. The van der Waals surface area contributed by atoms with Gasteiger partial charge in [-0.05, 0) is 13.3 Å². The van der Waals surface area contributed by atoms with E-state index in [2.05, 4.69) is 5.32 Å². The maximum atomic E-state index is 11.8. The first-order valence-electron chi connectivity index (χ1n) is 6.87. The molecule has 1 heterocycles. The van der Waals surface area contributed by atoms with Gasteiger partial charge in [0.25, 0.3) is 5.91 Å². The van der Waals surface area contributed by atoms with Gasteiger partial charge in [0.1, 0.15) is 11.6 Å². The monoisotopic (exact) mass is 329 g/mol. The highest BCUT2D eigenvalue weighted by atomic mass is 32.2. The molecule has 22 heavy (non-hydrogen) atoms. The number of carbonyl (C=O) groups excluding carboxylic acids is 1. The molecule has 1 unspecified atom stereocenters. The lowest BCUT2D eigenvalue weighted by Crippen LogP contribution is -2.34. The van der Waals surface area contributed by atoms with Crippen LogP contribution in [0.25, 0.3) is 0 Å². The van der Waals surface area contributed by atoms with Crippen LogP contribution in [0.1, 0.15) is 19.8 Å². The molecule has 1 aliphatic rings. The molecule has 1 atom stereocenters. The lowest BCUT2D eigenvalue weighted by Gasteiger charge is -2.25. The molecule has 0 aromatic heterocycles. The van der Waals surface area contributed by atoms with Crippen LogP contribution in [-0.4, -0.2) is 60.9 Å². The Labute approximate surface area is 129 Å². The fraction of sp³-hybridized carbons (Fsp3) is 0.615. The number of aliphatic carboxylic acids is 1. The Morgan fingerprint density at radius 3 is 2.64 bits per heavy atom. The fourth-order valence-corrected chi connectivity index (χ4v) is 3.92. The van der Waals surface area contributed by atoms with E-state index in [1.54, 1.807) is 17.9 Å². The van der Waals surface area contributed by atoms with Crippen LogP contribution in [0.2, 0.25) is 0 Å². The van der Waals surface area contributed by atoms with Crippen molar-refractivity contribution in [1.29, 1.82) is 5.26 Å². The molecule has 122 valence electrons. The van der Waals surface area contributed by atoms with Crippen molar-refractivity contribution in [2.45, 2.75) is 25.8 Å². The molecule has 0 aromatic rings. The van der Waals surface area contributed by atoms with Crippen LogP contribution >= 0.6 is 0 Å². The maximum absolute atomic E-state index is 11.8. The third kappa shape index (κ3) is 5.37. The smallest absolute Gasteiger partial charge is 0.305 e. The van der Waals surface area contributed by atoms with Crippen molar-refractivity contribution in [2.24, 2.45) is 0 Å². The highest BCUT2D eigenvalue weighted by molar-refractivity contribution is 7.91. The maximum Gasteiger partial charge on any atom is 0.305 e. The molecule has 8 nitrogen and oxygen atoms in total. The summed E-state index contributed by atoms with van der Waals surface area (Å²) in [7, 11) is -3.06. The minimum absolute atomic E-state index is 0.0106. The summed E-state index contributed by atoms with van der Waals surface area (Å²) < 4.78 is 23.0. The van der Waals surface area contributed by atoms with E-state index in [1.165, 1.54) is 6.20 Å². The Morgan fingerprint density at radius 2 is 2.18 bits per heavy atom. The van der Waals surface area contributed by atoms with Gasteiger partial charge in [-0.15, -0.1) is 0 Å². The third-order valence-corrected chi connectivity index (χ3v) is 5.08. The zero-order valence-corrected chi connectivity index (χ0v) is 13.1. The molecule has 0 aromatic carbocycles. The highest BCUT2D eigenvalue weighted by Gasteiger charge is 2.31. The van der Waals surface area contributed by atoms with Crippen molar-refractivity contribution in [1.82, 2.24) is 10.2 Å². The van der Waals surface area contributed by atoms with Crippen molar-refractivity contribution < 1.29 is 23.1 Å². The molecule has 0 bridgehead atoms. The summed E-state index contributed by atoms with van der Waals surface area (Å²) in [6, 6.07) is 1.51. The normalized spacial score (nSPS) is 20.2.